The number of ketones is 1. The van der Waals surface area contributed by atoms with E-state index in [0.29, 0.717) is 31.3 Å². The molecule has 5 aliphatic rings. The van der Waals surface area contributed by atoms with Gasteiger partial charge in [0, 0.05) is 48.3 Å². The average Bonchev–Trinajstić information content (AvgIpc) is 3.36. The fraction of sp³-hybridized carbons (Fsp3) is 0.786. The number of nitrogens with zero attached hydrogens (tertiary/aromatic N) is 2. The van der Waals surface area contributed by atoms with Crippen molar-refractivity contribution in [2.24, 2.45) is 56.2 Å². The molecule has 2 unspecified atom stereocenters. The Morgan fingerprint density at radius 2 is 1.65 bits per heavy atom. The Morgan fingerprint density at radius 3 is 2.29 bits per heavy atom. The highest BCUT2D eigenvalue weighted by Crippen LogP contribution is 2.77. The topological polar surface area (TPSA) is 139 Å². The lowest BCUT2D eigenvalue weighted by Gasteiger charge is -2.72. The quantitative estimate of drug-likeness (QED) is 0.214. The minimum absolute atomic E-state index is 0.0160. The zero-order valence-electron chi connectivity index (χ0n) is 32.6. The van der Waals surface area contributed by atoms with Crippen LogP contribution in [0.1, 0.15) is 132 Å². The number of carboxylic acids is 1. The maximum Gasteiger partial charge on any atom is 0.309 e. The maximum atomic E-state index is 14.0. The molecule has 6 rings (SSSR count). The highest BCUT2D eigenvalue weighted by Gasteiger charge is 2.70. The van der Waals surface area contributed by atoms with Crippen molar-refractivity contribution in [2.45, 2.75) is 145 Å². The summed E-state index contributed by atoms with van der Waals surface area (Å²) < 4.78 is 6.16. The molecule has 0 aliphatic heterocycles. The van der Waals surface area contributed by atoms with Gasteiger partial charge in [0.05, 0.1) is 17.9 Å². The van der Waals surface area contributed by atoms with Gasteiger partial charge < -0.3 is 20.3 Å². The van der Waals surface area contributed by atoms with E-state index in [9.17, 15) is 24.6 Å². The molecule has 9 heteroatoms. The van der Waals surface area contributed by atoms with Gasteiger partial charge in [0.15, 0.2) is 5.78 Å². The molecule has 4 saturated carbocycles. The number of carboxylic acid groups (broad SMARTS) is 1. The number of aliphatic carboxylic acids is 1. The van der Waals surface area contributed by atoms with E-state index < -0.39 is 28.9 Å². The van der Waals surface area contributed by atoms with Gasteiger partial charge in [-0.15, -0.1) is 0 Å². The maximum absolute atomic E-state index is 14.0. The van der Waals surface area contributed by atoms with E-state index in [-0.39, 0.29) is 51.8 Å². The SMILES string of the molecule is CC(C)C1=C2[C@H]3CC[C@@H]4[C@@]5(C)CC[C@H](OC(=O)CC(C)(C)C(=O)O)C(C)(C)[C@@H]5CC[C@@]4(C)[C@]3(C)CCC2(C(O)CNCc2cncnc2)CC1=O. The molecule has 4 fully saturated rings. The predicted octanol–water partition coefficient (Wildman–Crippen LogP) is 7.32. The van der Waals surface area contributed by atoms with E-state index in [2.05, 4.69) is 63.8 Å². The van der Waals surface area contributed by atoms with Gasteiger partial charge in [0.25, 0.3) is 0 Å². The number of nitrogens with one attached hydrogen (secondary N) is 1. The van der Waals surface area contributed by atoms with Gasteiger partial charge in [-0.1, -0.05) is 54.0 Å². The van der Waals surface area contributed by atoms with Gasteiger partial charge in [-0.25, -0.2) is 9.97 Å². The molecule has 1 heterocycles. The van der Waals surface area contributed by atoms with Crippen molar-refractivity contribution in [1.29, 1.82) is 0 Å². The van der Waals surface area contributed by atoms with E-state index in [1.807, 2.05) is 0 Å². The lowest BCUT2D eigenvalue weighted by Crippen LogP contribution is -2.66. The number of carbonyl (C=O) groups is 3. The number of allylic oxidation sites excluding steroid dienone is 1. The highest BCUT2D eigenvalue weighted by atomic mass is 16.5. The largest absolute Gasteiger partial charge is 0.481 e. The van der Waals surface area contributed by atoms with E-state index in [4.69, 9.17) is 4.74 Å². The number of carbonyl (C=O) groups excluding carboxylic acids is 2. The highest BCUT2D eigenvalue weighted by molar-refractivity contribution is 6.00. The summed E-state index contributed by atoms with van der Waals surface area (Å²) in [7, 11) is 0. The first-order valence-corrected chi connectivity index (χ1v) is 19.6. The standard InChI is InChI=1S/C42H63N3O6/c1-25(2)34-28(46)18-42(31(47)23-43-20-26-21-44-24-45-22-26)17-16-40(8)27(35(34)42)10-11-30-39(7)14-13-32(51-33(48)19-37(3,4)36(49)50)38(5,6)29(39)12-15-41(30,40)9/h21-22,24-25,27,29-32,43,47H,10-20,23H2,1-9H3,(H,49,50)/t27-,29+,30-,31?,32+,39+,40-,41-,42?/m1/s1. The monoisotopic (exact) mass is 705 g/mol. The summed E-state index contributed by atoms with van der Waals surface area (Å²) in [6.07, 6.45) is 12.2. The van der Waals surface area contributed by atoms with Crippen LogP contribution in [-0.2, 0) is 25.7 Å². The third-order valence-electron chi connectivity index (χ3n) is 15.8. The van der Waals surface area contributed by atoms with Gasteiger partial charge in [0.2, 0.25) is 0 Å². The first-order valence-electron chi connectivity index (χ1n) is 19.6. The van der Waals surface area contributed by atoms with Crippen LogP contribution in [0.3, 0.4) is 0 Å². The Labute approximate surface area is 305 Å². The molecule has 51 heavy (non-hydrogen) atoms. The number of hydrogen-bond acceptors (Lipinski definition) is 8. The van der Waals surface area contributed by atoms with Crippen molar-refractivity contribution >= 4 is 17.7 Å². The minimum atomic E-state index is -1.17. The summed E-state index contributed by atoms with van der Waals surface area (Å²) in [6, 6.07) is 0. The van der Waals surface area contributed by atoms with Gasteiger partial charge in [0.1, 0.15) is 12.4 Å². The Morgan fingerprint density at radius 1 is 0.961 bits per heavy atom. The molecule has 3 N–H and O–H groups in total. The number of Topliss-reactive ketones (excluding diaryl/α,β-unsaturated/α-hetero) is 1. The molecular weight excluding hydrogens is 642 g/mol. The number of hydrogen-bond donors (Lipinski definition) is 3. The van der Waals surface area contributed by atoms with Crippen LogP contribution in [0.5, 0.6) is 0 Å². The second-order valence-electron chi connectivity index (χ2n) is 19.5. The van der Waals surface area contributed by atoms with Crippen molar-refractivity contribution < 1.29 is 29.3 Å². The molecule has 5 aliphatic carbocycles. The number of aliphatic hydroxyl groups excluding tert-OH is 1. The summed E-state index contributed by atoms with van der Waals surface area (Å²) in [5, 5.41) is 25.1. The lowest BCUT2D eigenvalue weighted by atomic mass is 9.33. The summed E-state index contributed by atoms with van der Waals surface area (Å²) in [6.45, 7) is 20.6. The summed E-state index contributed by atoms with van der Waals surface area (Å²) in [5.41, 5.74) is 1.38. The minimum Gasteiger partial charge on any atom is -0.481 e. The van der Waals surface area contributed by atoms with Crippen LogP contribution in [0.15, 0.2) is 29.9 Å². The first kappa shape index (κ1) is 38.1. The fourth-order valence-corrected chi connectivity index (χ4v) is 12.9. The van der Waals surface area contributed by atoms with Crippen LogP contribution >= 0.6 is 0 Å². The molecule has 282 valence electrons. The molecule has 9 atom stereocenters. The number of rotatable bonds is 10. The number of ether oxygens (including phenoxy) is 1. The Hall–Kier alpha value is -2.65. The number of aliphatic hydroxyl groups is 1. The van der Waals surface area contributed by atoms with Crippen molar-refractivity contribution in [3.63, 3.8) is 0 Å². The second-order valence-corrected chi connectivity index (χ2v) is 19.5. The number of esters is 1. The van der Waals surface area contributed by atoms with E-state index in [1.165, 1.54) is 11.9 Å². The summed E-state index contributed by atoms with van der Waals surface area (Å²) in [5.74, 6) is 0.0204. The Bertz CT molecular complexity index is 1570. The van der Waals surface area contributed by atoms with Crippen LogP contribution in [0.2, 0.25) is 0 Å². The molecule has 0 bridgehead atoms. The third-order valence-corrected chi connectivity index (χ3v) is 15.8. The Balaban J connectivity index is 1.26. The molecule has 0 amide bonds. The fourth-order valence-electron chi connectivity index (χ4n) is 12.9. The average molecular weight is 706 g/mol. The van der Waals surface area contributed by atoms with E-state index in [1.54, 1.807) is 26.2 Å². The molecular formula is C42H63N3O6. The van der Waals surface area contributed by atoms with Crippen molar-refractivity contribution in [1.82, 2.24) is 15.3 Å². The summed E-state index contributed by atoms with van der Waals surface area (Å²) >= 11 is 0. The van der Waals surface area contributed by atoms with Crippen molar-refractivity contribution in [2.75, 3.05) is 6.54 Å². The van der Waals surface area contributed by atoms with Gasteiger partial charge in [-0.3, -0.25) is 14.4 Å². The van der Waals surface area contributed by atoms with Gasteiger partial charge in [-0.05, 0) is 111 Å². The van der Waals surface area contributed by atoms with Crippen LogP contribution in [0.4, 0.5) is 0 Å². The zero-order chi connectivity index (χ0) is 37.4. The second kappa shape index (κ2) is 13.0. The molecule has 1 aromatic heterocycles. The normalized spacial score (nSPS) is 38.0. The third kappa shape index (κ3) is 5.91. The molecule has 9 nitrogen and oxygen atoms in total. The van der Waals surface area contributed by atoms with Crippen LogP contribution < -0.4 is 5.32 Å². The Kier molecular flexibility index (Phi) is 9.73. The predicted molar refractivity (Wildman–Crippen MR) is 195 cm³/mol. The lowest BCUT2D eigenvalue weighted by molar-refractivity contribution is -0.235. The molecule has 0 radical (unpaired) electrons. The number of aromatic nitrogens is 2. The van der Waals surface area contributed by atoms with E-state index >= 15 is 0 Å². The van der Waals surface area contributed by atoms with Crippen molar-refractivity contribution in [3.8, 4) is 0 Å². The van der Waals surface area contributed by atoms with E-state index in [0.717, 1.165) is 62.5 Å². The molecule has 1 aromatic rings. The van der Waals surface area contributed by atoms with Crippen LogP contribution in [0, 0.1) is 56.2 Å². The molecule has 0 saturated heterocycles. The summed E-state index contributed by atoms with van der Waals surface area (Å²) in [4.78, 5) is 47.0. The van der Waals surface area contributed by atoms with Gasteiger partial charge in [-0.2, -0.15) is 0 Å². The van der Waals surface area contributed by atoms with Gasteiger partial charge >= 0.3 is 11.9 Å². The smallest absolute Gasteiger partial charge is 0.309 e. The first-order chi connectivity index (χ1) is 23.7. The number of fused-ring (bicyclic) bond motifs is 7. The zero-order valence-corrected chi connectivity index (χ0v) is 32.6. The molecule has 0 spiro atoms. The van der Waals surface area contributed by atoms with Crippen LogP contribution in [-0.4, -0.2) is 56.7 Å². The molecule has 0 aromatic carbocycles. The van der Waals surface area contributed by atoms with Crippen LogP contribution in [0.25, 0.3) is 0 Å². The van der Waals surface area contributed by atoms with Crippen molar-refractivity contribution in [3.05, 3.63) is 35.4 Å².